The average molecular weight is 228 g/mol. The number of hydrogen-bond acceptors (Lipinski definition) is 6. The summed E-state index contributed by atoms with van der Waals surface area (Å²) in [4.78, 5) is 39.1. The minimum Gasteiger partial charge on any atom is -0.285 e. The van der Waals surface area contributed by atoms with Crippen molar-refractivity contribution in [2.24, 2.45) is 9.98 Å². The van der Waals surface area contributed by atoms with E-state index >= 15 is 0 Å². The Bertz CT molecular complexity index is 587. The van der Waals surface area contributed by atoms with Crippen molar-refractivity contribution in [2.75, 3.05) is 0 Å². The van der Waals surface area contributed by atoms with E-state index in [0.29, 0.717) is 0 Å². The van der Waals surface area contributed by atoms with E-state index in [9.17, 15) is 9.59 Å². The predicted molar refractivity (Wildman–Crippen MR) is 61.4 cm³/mol. The molecule has 1 aromatic rings. The molecule has 1 aromatic heterocycles. The maximum Gasteiger partial charge on any atom is 0.234 e. The maximum absolute atomic E-state index is 12.0. The lowest BCUT2D eigenvalue weighted by atomic mass is 9.99. The van der Waals surface area contributed by atoms with Crippen molar-refractivity contribution in [3.05, 3.63) is 35.2 Å². The summed E-state index contributed by atoms with van der Waals surface area (Å²) in [5.74, 6) is -0.948. The van der Waals surface area contributed by atoms with E-state index in [4.69, 9.17) is 0 Å². The van der Waals surface area contributed by atoms with Crippen molar-refractivity contribution in [1.82, 2.24) is 9.97 Å². The van der Waals surface area contributed by atoms with E-state index in [1.54, 1.807) is 6.92 Å². The second-order valence-corrected chi connectivity index (χ2v) is 3.15. The molecule has 0 spiro atoms. The zero-order chi connectivity index (χ0) is 12.4. The number of ketones is 2. The molecule has 0 N–H and O–H groups in total. The highest BCUT2D eigenvalue weighted by atomic mass is 16.1. The number of aromatic nitrogens is 2. The second-order valence-electron chi connectivity index (χ2n) is 3.15. The smallest absolute Gasteiger partial charge is 0.234 e. The van der Waals surface area contributed by atoms with Gasteiger partial charge >= 0.3 is 0 Å². The minimum absolute atomic E-state index is 0.00467. The van der Waals surface area contributed by atoms with Crippen molar-refractivity contribution < 1.29 is 9.59 Å². The van der Waals surface area contributed by atoms with Crippen molar-refractivity contribution in [3.8, 4) is 0 Å². The SMILES string of the molecule is C=NC1=C(/N=C\C)C(=O)c2nccnc2C1=O. The number of nitrogens with zero attached hydrogens (tertiary/aromatic N) is 4. The minimum atomic E-state index is -0.483. The van der Waals surface area contributed by atoms with Crippen LogP contribution in [0.25, 0.3) is 0 Å². The van der Waals surface area contributed by atoms with Gasteiger partial charge in [0.2, 0.25) is 11.6 Å². The first kappa shape index (κ1) is 11.0. The summed E-state index contributed by atoms with van der Waals surface area (Å²) in [5, 5.41) is 0. The van der Waals surface area contributed by atoms with Gasteiger partial charge in [0.25, 0.3) is 0 Å². The highest BCUT2D eigenvalue weighted by molar-refractivity contribution is 6.25. The number of Topliss-reactive ketones (excluding diaryl/α,β-unsaturated/α-hetero) is 2. The topological polar surface area (TPSA) is 84.6 Å². The molecule has 2 rings (SSSR count). The van der Waals surface area contributed by atoms with Gasteiger partial charge in [-0.25, -0.2) is 9.97 Å². The Labute approximate surface area is 96.8 Å². The fraction of sp³-hybridized carbons (Fsp3) is 0.0909. The van der Waals surface area contributed by atoms with E-state index < -0.39 is 11.6 Å². The Morgan fingerprint density at radius 3 is 2.12 bits per heavy atom. The normalized spacial score (nSPS) is 15.4. The predicted octanol–water partition coefficient (Wildman–Crippen LogP) is 0.859. The zero-order valence-corrected chi connectivity index (χ0v) is 9.04. The van der Waals surface area contributed by atoms with Gasteiger partial charge in [0, 0.05) is 18.6 Å². The molecule has 0 atom stereocenters. The molecule has 1 heterocycles. The van der Waals surface area contributed by atoms with E-state index in [0.717, 1.165) is 0 Å². The van der Waals surface area contributed by atoms with Gasteiger partial charge in [-0.2, -0.15) is 0 Å². The molecule has 0 amide bonds. The quantitative estimate of drug-likeness (QED) is 0.702. The molecule has 0 unspecified atom stereocenters. The van der Waals surface area contributed by atoms with Crippen molar-refractivity contribution in [1.29, 1.82) is 0 Å². The van der Waals surface area contributed by atoms with Crippen molar-refractivity contribution in [3.63, 3.8) is 0 Å². The fourth-order valence-corrected chi connectivity index (χ4v) is 1.51. The number of hydrogen-bond donors (Lipinski definition) is 0. The van der Waals surface area contributed by atoms with Crippen LogP contribution >= 0.6 is 0 Å². The van der Waals surface area contributed by atoms with Gasteiger partial charge in [0.05, 0.1) is 0 Å². The summed E-state index contributed by atoms with van der Waals surface area (Å²) in [5.41, 5.74) is -0.123. The third-order valence-corrected chi connectivity index (χ3v) is 2.20. The number of fused-ring (bicyclic) bond motifs is 1. The molecule has 17 heavy (non-hydrogen) atoms. The Kier molecular flexibility index (Phi) is 2.70. The molecule has 84 valence electrons. The Morgan fingerprint density at radius 1 is 1.12 bits per heavy atom. The average Bonchev–Trinajstić information content (AvgIpc) is 2.36. The standard InChI is InChI=1S/C11H8N4O2/c1-3-13-7-6(12-2)10(16)8-9(11(7)17)15-5-4-14-8/h3-5H,2H2,1H3/b13-3-. The Balaban J connectivity index is 2.72. The van der Waals surface area contributed by atoms with Crippen LogP contribution in [0.2, 0.25) is 0 Å². The third-order valence-electron chi connectivity index (χ3n) is 2.20. The zero-order valence-electron chi connectivity index (χ0n) is 9.04. The number of carbonyl (C=O) groups excluding carboxylic acids is 2. The lowest BCUT2D eigenvalue weighted by molar-refractivity contribution is 0.0965. The van der Waals surface area contributed by atoms with Gasteiger partial charge < -0.3 is 0 Å². The highest BCUT2D eigenvalue weighted by Crippen LogP contribution is 2.24. The summed E-state index contributed by atoms with van der Waals surface area (Å²) >= 11 is 0. The summed E-state index contributed by atoms with van der Waals surface area (Å²) in [6.07, 6.45) is 4.11. The lowest BCUT2D eigenvalue weighted by Crippen LogP contribution is -2.23. The van der Waals surface area contributed by atoms with Gasteiger partial charge in [-0.15, -0.1) is 0 Å². The van der Waals surface area contributed by atoms with E-state index in [1.807, 2.05) is 0 Å². The molecule has 0 aliphatic heterocycles. The lowest BCUT2D eigenvalue weighted by Gasteiger charge is -2.13. The first-order valence-electron chi connectivity index (χ1n) is 4.80. The van der Waals surface area contributed by atoms with Gasteiger partial charge in [0.1, 0.15) is 22.8 Å². The molecule has 6 nitrogen and oxygen atoms in total. The molecule has 0 fully saturated rings. The first-order valence-corrected chi connectivity index (χ1v) is 4.80. The van der Waals surface area contributed by atoms with Crippen LogP contribution in [0.5, 0.6) is 0 Å². The summed E-state index contributed by atoms with van der Waals surface area (Å²) in [6.45, 7) is 4.91. The molecule has 1 aliphatic rings. The molecule has 0 saturated heterocycles. The largest absolute Gasteiger partial charge is 0.285 e. The summed E-state index contributed by atoms with van der Waals surface area (Å²) in [6, 6.07) is 0. The van der Waals surface area contributed by atoms with E-state index in [2.05, 4.69) is 26.7 Å². The number of aliphatic imine (C=N–C) groups is 2. The van der Waals surface area contributed by atoms with Crippen LogP contribution in [-0.4, -0.2) is 34.5 Å². The number of rotatable bonds is 2. The monoisotopic (exact) mass is 228 g/mol. The fourth-order valence-electron chi connectivity index (χ4n) is 1.51. The van der Waals surface area contributed by atoms with Gasteiger partial charge in [0.15, 0.2) is 0 Å². The molecule has 0 saturated carbocycles. The van der Waals surface area contributed by atoms with Gasteiger partial charge in [-0.3, -0.25) is 19.6 Å². The van der Waals surface area contributed by atoms with Gasteiger partial charge in [-0.1, -0.05) is 0 Å². The molecular weight excluding hydrogens is 220 g/mol. The van der Waals surface area contributed by atoms with Crippen molar-refractivity contribution >= 4 is 24.5 Å². The molecule has 0 radical (unpaired) electrons. The molecular formula is C11H8N4O2. The van der Waals surface area contributed by atoms with Gasteiger partial charge in [-0.05, 0) is 13.6 Å². The van der Waals surface area contributed by atoms with Crippen LogP contribution in [0.3, 0.4) is 0 Å². The molecule has 0 bridgehead atoms. The highest BCUT2D eigenvalue weighted by Gasteiger charge is 2.33. The number of allylic oxidation sites excluding steroid dienone is 2. The van der Waals surface area contributed by atoms with Crippen LogP contribution in [-0.2, 0) is 0 Å². The third kappa shape index (κ3) is 1.59. The van der Waals surface area contributed by atoms with Crippen LogP contribution in [0, 0.1) is 0 Å². The van der Waals surface area contributed by atoms with Crippen LogP contribution in [0.4, 0.5) is 0 Å². The number of carbonyl (C=O) groups is 2. The van der Waals surface area contributed by atoms with E-state index in [1.165, 1.54) is 18.6 Å². The van der Waals surface area contributed by atoms with Crippen LogP contribution < -0.4 is 0 Å². The van der Waals surface area contributed by atoms with Crippen LogP contribution in [0.15, 0.2) is 33.8 Å². The molecule has 0 aromatic carbocycles. The summed E-state index contributed by atoms with van der Waals surface area (Å²) in [7, 11) is 0. The Morgan fingerprint density at radius 2 is 1.65 bits per heavy atom. The molecule has 6 heteroatoms. The second kappa shape index (κ2) is 4.17. The Hall–Kier alpha value is -2.50. The van der Waals surface area contributed by atoms with Crippen LogP contribution in [0.1, 0.15) is 27.9 Å². The first-order chi connectivity index (χ1) is 8.20. The van der Waals surface area contributed by atoms with E-state index in [-0.39, 0.29) is 22.8 Å². The maximum atomic E-state index is 12.0. The molecule has 1 aliphatic carbocycles. The van der Waals surface area contributed by atoms with Crippen molar-refractivity contribution in [2.45, 2.75) is 6.92 Å². The summed E-state index contributed by atoms with van der Waals surface area (Å²) < 4.78 is 0.